The number of carboxylic acid groups (broad SMARTS) is 1. The highest BCUT2D eigenvalue weighted by atomic mass is 16.4. The van der Waals surface area contributed by atoms with Crippen LogP contribution in [0, 0.1) is 5.92 Å². The van der Waals surface area contributed by atoms with Crippen molar-refractivity contribution >= 4 is 11.8 Å². The molecule has 0 saturated carbocycles. The molecular weight excluding hydrogens is 258 g/mol. The summed E-state index contributed by atoms with van der Waals surface area (Å²) in [6.07, 6.45) is 2.58. The van der Waals surface area contributed by atoms with Gasteiger partial charge in [0.2, 0.25) is 0 Å². The molecule has 0 aliphatic rings. The van der Waals surface area contributed by atoms with Crippen molar-refractivity contribution in [2.75, 3.05) is 27.7 Å². The van der Waals surface area contributed by atoms with Gasteiger partial charge in [-0.2, -0.15) is 0 Å². The Morgan fingerprint density at radius 1 is 1.10 bits per heavy atom. The van der Waals surface area contributed by atoms with E-state index in [-0.39, 0.29) is 18.2 Å². The molecule has 0 unspecified atom stereocenters. The number of carbonyl (C=O) groups excluding carboxylic acids is 1. The maximum absolute atomic E-state index is 12.6. The van der Waals surface area contributed by atoms with Crippen LogP contribution in [0.5, 0.6) is 0 Å². The lowest BCUT2D eigenvalue weighted by Gasteiger charge is -2.35. The first-order chi connectivity index (χ1) is 9.05. The third-order valence-electron chi connectivity index (χ3n) is 3.28. The van der Waals surface area contributed by atoms with Gasteiger partial charge in [-0.15, -0.1) is 0 Å². The minimum absolute atomic E-state index is 0.113. The number of rotatable bonds is 10. The van der Waals surface area contributed by atoms with E-state index in [2.05, 4.69) is 0 Å². The van der Waals surface area contributed by atoms with Crippen molar-refractivity contribution in [1.29, 1.82) is 0 Å². The van der Waals surface area contributed by atoms with Crippen LogP contribution in [0.25, 0.3) is 0 Å². The number of aliphatic carboxylic acids is 1. The zero-order valence-electron chi connectivity index (χ0n) is 13.5. The van der Waals surface area contributed by atoms with Gasteiger partial charge in [-0.05, 0) is 12.8 Å². The molecule has 0 aromatic heterocycles. The molecule has 0 fully saturated rings. The quantitative estimate of drug-likeness (QED) is 0.600. The highest BCUT2D eigenvalue weighted by Gasteiger charge is 2.45. The SMILES string of the molecule is CCCC(CCC)C(=O)[C@@](O)(CC(=O)O)C[N+](C)(C)C. The predicted octanol–water partition coefficient (Wildman–Crippen LogP) is 1.68. The van der Waals surface area contributed by atoms with E-state index in [0.717, 1.165) is 12.8 Å². The van der Waals surface area contributed by atoms with Gasteiger partial charge >= 0.3 is 5.97 Å². The van der Waals surface area contributed by atoms with E-state index in [1.54, 1.807) is 0 Å². The van der Waals surface area contributed by atoms with Gasteiger partial charge < -0.3 is 14.7 Å². The van der Waals surface area contributed by atoms with Crippen LogP contribution < -0.4 is 0 Å². The van der Waals surface area contributed by atoms with E-state index in [1.165, 1.54) is 0 Å². The van der Waals surface area contributed by atoms with Crippen LogP contribution in [0.3, 0.4) is 0 Å². The number of carboxylic acids is 1. The van der Waals surface area contributed by atoms with Crippen LogP contribution in [0.1, 0.15) is 46.0 Å². The smallest absolute Gasteiger partial charge is 0.306 e. The molecule has 0 aromatic carbocycles. The van der Waals surface area contributed by atoms with Gasteiger partial charge in [0.1, 0.15) is 6.54 Å². The van der Waals surface area contributed by atoms with E-state index in [0.29, 0.717) is 17.3 Å². The Bertz CT molecular complexity index is 329. The van der Waals surface area contributed by atoms with Crippen LogP contribution in [0.15, 0.2) is 0 Å². The average Bonchev–Trinajstić information content (AvgIpc) is 2.24. The summed E-state index contributed by atoms with van der Waals surface area (Å²) >= 11 is 0. The molecule has 0 aliphatic carbocycles. The van der Waals surface area contributed by atoms with Gasteiger partial charge in [0, 0.05) is 5.92 Å². The summed E-state index contributed by atoms with van der Waals surface area (Å²) in [5.41, 5.74) is -1.78. The largest absolute Gasteiger partial charge is 0.481 e. The molecular formula is C15H30NO4+. The predicted molar refractivity (Wildman–Crippen MR) is 78.4 cm³/mol. The van der Waals surface area contributed by atoms with Crippen molar-refractivity contribution in [3.63, 3.8) is 0 Å². The molecule has 2 N–H and O–H groups in total. The van der Waals surface area contributed by atoms with Gasteiger partial charge in [0.25, 0.3) is 0 Å². The second kappa shape index (κ2) is 7.74. The van der Waals surface area contributed by atoms with Gasteiger partial charge in [0.05, 0.1) is 27.6 Å². The lowest BCUT2D eigenvalue weighted by Crippen LogP contribution is -2.56. The third kappa shape index (κ3) is 6.48. The molecule has 0 aliphatic heterocycles. The number of Topliss-reactive ketones (excluding diaryl/α,β-unsaturated/α-hetero) is 1. The minimum atomic E-state index is -1.78. The number of likely N-dealkylation sites (N-methyl/N-ethyl adjacent to an activating group) is 1. The lowest BCUT2D eigenvalue weighted by molar-refractivity contribution is -0.875. The topological polar surface area (TPSA) is 74.6 Å². The van der Waals surface area contributed by atoms with Crippen LogP contribution in [-0.2, 0) is 9.59 Å². The van der Waals surface area contributed by atoms with Crippen molar-refractivity contribution in [2.24, 2.45) is 5.92 Å². The Morgan fingerprint density at radius 3 is 1.85 bits per heavy atom. The first-order valence-corrected chi connectivity index (χ1v) is 7.34. The molecule has 5 heteroatoms. The van der Waals surface area contributed by atoms with Crippen molar-refractivity contribution in [3.8, 4) is 0 Å². The number of hydrogen-bond donors (Lipinski definition) is 2. The Morgan fingerprint density at radius 2 is 1.55 bits per heavy atom. The summed E-state index contributed by atoms with van der Waals surface area (Å²) in [6, 6.07) is 0. The summed E-state index contributed by atoms with van der Waals surface area (Å²) in [7, 11) is 5.53. The van der Waals surface area contributed by atoms with E-state index in [4.69, 9.17) is 5.11 Å². The minimum Gasteiger partial charge on any atom is -0.481 e. The fourth-order valence-corrected chi connectivity index (χ4v) is 2.74. The number of nitrogens with zero attached hydrogens (tertiary/aromatic N) is 1. The average molecular weight is 288 g/mol. The van der Waals surface area contributed by atoms with Crippen molar-refractivity contribution < 1.29 is 24.3 Å². The maximum Gasteiger partial charge on any atom is 0.306 e. The number of carbonyl (C=O) groups is 2. The highest BCUT2D eigenvalue weighted by molar-refractivity contribution is 5.92. The van der Waals surface area contributed by atoms with E-state index in [1.807, 2.05) is 35.0 Å². The number of quaternary nitrogens is 1. The molecule has 118 valence electrons. The number of ketones is 1. The molecule has 0 amide bonds. The summed E-state index contributed by atoms with van der Waals surface area (Å²) in [5.74, 6) is -1.70. The molecule has 1 atom stereocenters. The van der Waals surface area contributed by atoms with E-state index in [9.17, 15) is 14.7 Å². The van der Waals surface area contributed by atoms with Gasteiger partial charge in [-0.1, -0.05) is 26.7 Å². The summed E-state index contributed by atoms with van der Waals surface area (Å²) in [5, 5.41) is 19.7. The van der Waals surface area contributed by atoms with Crippen LogP contribution in [0.2, 0.25) is 0 Å². The first-order valence-electron chi connectivity index (χ1n) is 7.34. The van der Waals surface area contributed by atoms with E-state index < -0.39 is 18.0 Å². The Balaban J connectivity index is 5.26. The molecule has 5 nitrogen and oxygen atoms in total. The van der Waals surface area contributed by atoms with Crippen LogP contribution in [-0.4, -0.2) is 59.7 Å². The fourth-order valence-electron chi connectivity index (χ4n) is 2.74. The fraction of sp³-hybridized carbons (Fsp3) is 0.867. The standard InChI is InChI=1S/C15H29NO4/c1-6-8-12(9-7-2)14(19)15(20,10-13(17)18)11-16(3,4)5/h12,20H,6-11H2,1-5H3/p+1/t15-/m1/s1. The van der Waals surface area contributed by atoms with Crippen molar-refractivity contribution in [1.82, 2.24) is 0 Å². The third-order valence-corrected chi connectivity index (χ3v) is 3.28. The molecule has 0 saturated heterocycles. The van der Waals surface area contributed by atoms with Crippen LogP contribution >= 0.6 is 0 Å². The maximum atomic E-state index is 12.6. The molecule has 20 heavy (non-hydrogen) atoms. The molecule has 0 radical (unpaired) electrons. The number of aliphatic hydroxyl groups is 1. The Kier molecular flexibility index (Phi) is 7.38. The summed E-state index contributed by atoms with van der Waals surface area (Å²) in [4.78, 5) is 23.7. The van der Waals surface area contributed by atoms with Gasteiger partial charge in [0.15, 0.2) is 11.4 Å². The molecule has 0 spiro atoms. The summed E-state index contributed by atoms with van der Waals surface area (Å²) in [6.45, 7) is 4.10. The summed E-state index contributed by atoms with van der Waals surface area (Å²) < 4.78 is 0.348. The van der Waals surface area contributed by atoms with Crippen molar-refractivity contribution in [3.05, 3.63) is 0 Å². The molecule has 0 heterocycles. The second-order valence-corrected chi connectivity index (χ2v) is 6.69. The van der Waals surface area contributed by atoms with E-state index >= 15 is 0 Å². The zero-order chi connectivity index (χ0) is 16.0. The Hall–Kier alpha value is -0.940. The zero-order valence-corrected chi connectivity index (χ0v) is 13.5. The second-order valence-electron chi connectivity index (χ2n) is 6.69. The van der Waals surface area contributed by atoms with Gasteiger partial charge in [-0.25, -0.2) is 0 Å². The lowest BCUT2D eigenvalue weighted by atomic mass is 9.81. The molecule has 0 aromatic rings. The van der Waals surface area contributed by atoms with Gasteiger partial charge in [-0.3, -0.25) is 9.59 Å². The normalized spacial score (nSPS) is 15.2. The molecule has 0 bridgehead atoms. The Labute approximate surface area is 122 Å². The van der Waals surface area contributed by atoms with Crippen molar-refractivity contribution in [2.45, 2.75) is 51.6 Å². The highest BCUT2D eigenvalue weighted by Crippen LogP contribution is 2.25. The number of hydrogen-bond acceptors (Lipinski definition) is 3. The molecule has 0 rings (SSSR count). The first kappa shape index (κ1) is 19.1. The van der Waals surface area contributed by atoms with Crippen LogP contribution in [0.4, 0.5) is 0 Å². The monoisotopic (exact) mass is 288 g/mol.